The van der Waals surface area contributed by atoms with Crippen molar-refractivity contribution in [3.63, 3.8) is 0 Å². The normalized spacial score (nSPS) is 10.2. The van der Waals surface area contributed by atoms with Gasteiger partial charge in [-0.1, -0.05) is 38.2 Å². The first-order valence-corrected chi connectivity index (χ1v) is 4.70. The molecule has 0 aliphatic rings. The minimum Gasteiger partial charge on any atom is -0.192 e. The molecule has 0 bridgehead atoms. The van der Waals surface area contributed by atoms with Crippen molar-refractivity contribution < 1.29 is 0 Å². The number of hydrogen-bond donors (Lipinski definition) is 0. The molecule has 76 valence electrons. The number of nitriles is 1. The van der Waals surface area contributed by atoms with Gasteiger partial charge in [-0.2, -0.15) is 5.26 Å². The van der Waals surface area contributed by atoms with Gasteiger partial charge in [0.1, 0.15) is 0 Å². The molecule has 0 fully saturated rings. The molecular formula is C13H19N. The van der Waals surface area contributed by atoms with Crippen LogP contribution < -0.4 is 0 Å². The fourth-order valence-corrected chi connectivity index (χ4v) is 0.696. The Morgan fingerprint density at radius 1 is 1.29 bits per heavy atom. The zero-order valence-electron chi connectivity index (χ0n) is 9.21. The van der Waals surface area contributed by atoms with Crippen LogP contribution in [0.15, 0.2) is 49.1 Å². The van der Waals surface area contributed by atoms with Crippen molar-refractivity contribution in [3.8, 4) is 6.07 Å². The maximum Gasteiger partial charge on any atom is 0.0988 e. The highest BCUT2D eigenvalue weighted by atomic mass is 14.2. The molecule has 0 amide bonds. The van der Waals surface area contributed by atoms with Gasteiger partial charge in [0.2, 0.25) is 0 Å². The Kier molecular flexibility index (Phi) is 12.2. The smallest absolute Gasteiger partial charge is 0.0988 e. The predicted molar refractivity (Wildman–Crippen MR) is 63.8 cm³/mol. The third-order valence-electron chi connectivity index (χ3n) is 1.51. The average molecular weight is 189 g/mol. The Morgan fingerprint density at radius 3 is 2.21 bits per heavy atom. The largest absolute Gasteiger partial charge is 0.192 e. The van der Waals surface area contributed by atoms with E-state index in [0.717, 1.165) is 18.4 Å². The lowest BCUT2D eigenvalue weighted by Crippen LogP contribution is -1.74. The molecule has 0 rings (SSSR count). The topological polar surface area (TPSA) is 23.8 Å². The van der Waals surface area contributed by atoms with Gasteiger partial charge < -0.3 is 0 Å². The van der Waals surface area contributed by atoms with Gasteiger partial charge in [-0.3, -0.25) is 0 Å². The molecular weight excluding hydrogens is 170 g/mol. The van der Waals surface area contributed by atoms with Crippen molar-refractivity contribution in [1.29, 1.82) is 5.26 Å². The molecule has 0 aromatic heterocycles. The van der Waals surface area contributed by atoms with Gasteiger partial charge in [0.05, 0.1) is 6.07 Å². The molecule has 0 unspecified atom stereocenters. The Hall–Kier alpha value is -1.55. The summed E-state index contributed by atoms with van der Waals surface area (Å²) in [5.74, 6) is 0. The third-order valence-corrected chi connectivity index (χ3v) is 1.51. The van der Waals surface area contributed by atoms with Gasteiger partial charge in [0, 0.05) is 5.57 Å². The summed E-state index contributed by atoms with van der Waals surface area (Å²) in [4.78, 5) is 0. The third kappa shape index (κ3) is 8.55. The second kappa shape index (κ2) is 11.4. The lowest BCUT2D eigenvalue weighted by Gasteiger charge is -1.90. The summed E-state index contributed by atoms with van der Waals surface area (Å²) >= 11 is 0. The summed E-state index contributed by atoms with van der Waals surface area (Å²) in [7, 11) is 0. The number of nitrogens with zero attached hydrogens (tertiary/aromatic N) is 1. The number of rotatable bonds is 4. The summed E-state index contributed by atoms with van der Waals surface area (Å²) < 4.78 is 0. The zero-order valence-corrected chi connectivity index (χ0v) is 9.21. The first-order valence-electron chi connectivity index (χ1n) is 4.70. The minimum absolute atomic E-state index is 0.715. The van der Waals surface area contributed by atoms with Crippen molar-refractivity contribution in [2.75, 3.05) is 0 Å². The SMILES string of the molecule is C=C.C=C(/C=C\C(C#N)=C/CC)CC. The highest BCUT2D eigenvalue weighted by molar-refractivity contribution is 5.35. The first-order chi connectivity index (χ1) is 6.74. The molecule has 0 saturated carbocycles. The summed E-state index contributed by atoms with van der Waals surface area (Å²) in [6.07, 6.45) is 7.44. The fourth-order valence-electron chi connectivity index (χ4n) is 0.696. The van der Waals surface area contributed by atoms with Crippen LogP contribution in [-0.4, -0.2) is 0 Å². The van der Waals surface area contributed by atoms with Crippen LogP contribution in [0.2, 0.25) is 0 Å². The van der Waals surface area contributed by atoms with E-state index in [4.69, 9.17) is 5.26 Å². The molecule has 0 aliphatic carbocycles. The van der Waals surface area contributed by atoms with Gasteiger partial charge in [-0.05, 0) is 18.9 Å². The molecule has 1 nitrogen and oxygen atoms in total. The van der Waals surface area contributed by atoms with Crippen molar-refractivity contribution in [2.45, 2.75) is 26.7 Å². The molecule has 0 N–H and O–H groups in total. The van der Waals surface area contributed by atoms with Crippen LogP contribution in [-0.2, 0) is 0 Å². The Morgan fingerprint density at radius 2 is 1.86 bits per heavy atom. The molecule has 0 aromatic carbocycles. The second-order valence-electron chi connectivity index (χ2n) is 2.52. The summed E-state index contributed by atoms with van der Waals surface area (Å²) in [6, 6.07) is 2.12. The van der Waals surface area contributed by atoms with E-state index in [0.29, 0.717) is 5.57 Å². The highest BCUT2D eigenvalue weighted by Crippen LogP contribution is 2.03. The number of hydrogen-bond acceptors (Lipinski definition) is 1. The van der Waals surface area contributed by atoms with E-state index >= 15 is 0 Å². The van der Waals surface area contributed by atoms with E-state index in [1.807, 2.05) is 32.1 Å². The summed E-state index contributed by atoms with van der Waals surface area (Å²) in [5, 5.41) is 8.64. The van der Waals surface area contributed by atoms with E-state index in [-0.39, 0.29) is 0 Å². The maximum atomic E-state index is 8.64. The van der Waals surface area contributed by atoms with Crippen LogP contribution in [0.3, 0.4) is 0 Å². The zero-order chi connectivity index (χ0) is 11.4. The van der Waals surface area contributed by atoms with E-state index in [1.54, 1.807) is 0 Å². The first kappa shape index (κ1) is 14.9. The molecule has 0 radical (unpaired) electrons. The average Bonchev–Trinajstić information content (AvgIpc) is 2.26. The predicted octanol–water partition coefficient (Wildman–Crippen LogP) is 4.17. The monoisotopic (exact) mass is 189 g/mol. The maximum absolute atomic E-state index is 8.64. The standard InChI is InChI=1S/C11H15N.C2H4/c1-4-6-11(9-12)8-7-10(3)5-2;1-2/h6-8H,3-5H2,1-2H3;1-2H2/b8-7-,11-6+;. The molecule has 14 heavy (non-hydrogen) atoms. The van der Waals surface area contributed by atoms with E-state index in [1.165, 1.54) is 0 Å². The number of allylic oxidation sites excluding steroid dienone is 5. The van der Waals surface area contributed by atoms with Crippen molar-refractivity contribution in [3.05, 3.63) is 49.1 Å². The Balaban J connectivity index is 0. The lowest BCUT2D eigenvalue weighted by atomic mass is 10.1. The van der Waals surface area contributed by atoms with E-state index < -0.39 is 0 Å². The van der Waals surface area contributed by atoms with Crippen molar-refractivity contribution >= 4 is 0 Å². The van der Waals surface area contributed by atoms with Gasteiger partial charge in [-0.15, -0.1) is 13.2 Å². The van der Waals surface area contributed by atoms with E-state index in [9.17, 15) is 0 Å². The molecule has 1 heteroatoms. The van der Waals surface area contributed by atoms with E-state index in [2.05, 4.69) is 25.8 Å². The molecule has 0 saturated heterocycles. The minimum atomic E-state index is 0.715. The molecule has 0 aromatic rings. The molecule has 0 aliphatic heterocycles. The Labute approximate surface area is 87.8 Å². The van der Waals surface area contributed by atoms with Crippen LogP contribution in [0.25, 0.3) is 0 Å². The van der Waals surface area contributed by atoms with Crippen LogP contribution in [0.1, 0.15) is 26.7 Å². The van der Waals surface area contributed by atoms with Crippen molar-refractivity contribution in [1.82, 2.24) is 0 Å². The van der Waals surface area contributed by atoms with Gasteiger partial charge in [-0.25, -0.2) is 0 Å². The van der Waals surface area contributed by atoms with Gasteiger partial charge >= 0.3 is 0 Å². The molecule has 0 heterocycles. The van der Waals surface area contributed by atoms with Gasteiger partial charge in [0.15, 0.2) is 0 Å². The van der Waals surface area contributed by atoms with Crippen molar-refractivity contribution in [2.24, 2.45) is 0 Å². The van der Waals surface area contributed by atoms with Crippen LogP contribution in [0.4, 0.5) is 0 Å². The molecule has 0 atom stereocenters. The summed E-state index contributed by atoms with van der Waals surface area (Å²) in [6.45, 7) is 13.9. The second-order valence-corrected chi connectivity index (χ2v) is 2.52. The van der Waals surface area contributed by atoms with Crippen LogP contribution >= 0.6 is 0 Å². The Bertz CT molecular complexity index is 251. The van der Waals surface area contributed by atoms with Crippen LogP contribution in [0, 0.1) is 11.3 Å². The summed E-state index contributed by atoms with van der Waals surface area (Å²) in [5.41, 5.74) is 1.76. The lowest BCUT2D eigenvalue weighted by molar-refractivity contribution is 1.16. The quantitative estimate of drug-likeness (QED) is 0.370. The molecule has 0 spiro atoms. The highest BCUT2D eigenvalue weighted by Gasteiger charge is 1.86. The fraction of sp³-hybridized carbons (Fsp3) is 0.308. The van der Waals surface area contributed by atoms with Gasteiger partial charge in [0.25, 0.3) is 0 Å². The van der Waals surface area contributed by atoms with Crippen LogP contribution in [0.5, 0.6) is 0 Å².